The number of ether oxygens (including phenoxy) is 1. The zero-order chi connectivity index (χ0) is 16.4. The normalized spacial score (nSPS) is 17.7. The number of hydrogen-bond donors (Lipinski definition) is 0. The van der Waals surface area contributed by atoms with E-state index in [0.717, 1.165) is 9.26 Å². The highest BCUT2D eigenvalue weighted by atomic mass is 127. The van der Waals surface area contributed by atoms with Gasteiger partial charge in [-0.05, 0) is 68.3 Å². The van der Waals surface area contributed by atoms with Crippen LogP contribution in [0.4, 0.5) is 4.79 Å². The molecule has 2 heterocycles. The van der Waals surface area contributed by atoms with Crippen molar-refractivity contribution >= 4 is 28.7 Å². The summed E-state index contributed by atoms with van der Waals surface area (Å²) in [5, 5.41) is 9.70. The molecule has 0 atom stereocenters. The predicted octanol–water partition coefficient (Wildman–Crippen LogP) is 3.48. The minimum absolute atomic E-state index is 0.310. The van der Waals surface area contributed by atoms with Crippen LogP contribution in [-0.4, -0.2) is 34.7 Å². The van der Waals surface area contributed by atoms with E-state index >= 15 is 0 Å². The lowest BCUT2D eigenvalue weighted by Crippen LogP contribution is -2.46. The molecule has 0 unspecified atom stereocenters. The number of rotatable bonds is 1. The summed E-state index contributed by atoms with van der Waals surface area (Å²) in [4.78, 5) is 18.2. The lowest BCUT2D eigenvalue weighted by molar-refractivity contribution is 0.0183. The van der Waals surface area contributed by atoms with Crippen molar-refractivity contribution in [1.29, 1.82) is 5.26 Å². The van der Waals surface area contributed by atoms with Crippen molar-refractivity contribution < 1.29 is 9.53 Å². The topological polar surface area (TPSA) is 66.2 Å². The first-order chi connectivity index (χ1) is 10.3. The van der Waals surface area contributed by atoms with E-state index < -0.39 is 11.0 Å². The standard InChI is InChI=1S/C16H20IN3O2/c1-15(2,3)22-14(21)20-9-6-16(11-18,7-10-20)13-12(17)5-4-8-19-13/h4-5,8H,6-7,9-10H2,1-3H3. The highest BCUT2D eigenvalue weighted by Gasteiger charge is 2.40. The molecule has 1 saturated heterocycles. The van der Waals surface area contributed by atoms with Crippen LogP contribution in [0, 0.1) is 14.9 Å². The Kier molecular flexibility index (Phi) is 4.95. The molecule has 0 bridgehead atoms. The van der Waals surface area contributed by atoms with Gasteiger partial charge in [0.05, 0.1) is 11.8 Å². The highest BCUT2D eigenvalue weighted by Crippen LogP contribution is 2.36. The molecule has 0 aliphatic carbocycles. The zero-order valence-corrected chi connectivity index (χ0v) is 15.3. The van der Waals surface area contributed by atoms with Gasteiger partial charge < -0.3 is 9.64 Å². The fourth-order valence-electron chi connectivity index (χ4n) is 2.54. The van der Waals surface area contributed by atoms with Crippen molar-refractivity contribution in [3.05, 3.63) is 27.6 Å². The van der Waals surface area contributed by atoms with E-state index in [1.165, 1.54) is 0 Å². The molecule has 118 valence electrons. The molecule has 5 nitrogen and oxygen atoms in total. The maximum Gasteiger partial charge on any atom is 0.410 e. The summed E-state index contributed by atoms with van der Waals surface area (Å²) >= 11 is 2.21. The monoisotopic (exact) mass is 413 g/mol. The number of piperidine rings is 1. The van der Waals surface area contributed by atoms with Crippen molar-refractivity contribution in [2.45, 2.75) is 44.6 Å². The summed E-state index contributed by atoms with van der Waals surface area (Å²) in [5.41, 5.74) is -0.296. The van der Waals surface area contributed by atoms with Gasteiger partial charge in [0.1, 0.15) is 11.0 Å². The minimum Gasteiger partial charge on any atom is -0.444 e. The molecule has 0 N–H and O–H groups in total. The van der Waals surface area contributed by atoms with E-state index in [9.17, 15) is 10.1 Å². The second-order valence-corrected chi connectivity index (χ2v) is 7.66. The van der Waals surface area contributed by atoms with Crippen molar-refractivity contribution in [2.75, 3.05) is 13.1 Å². The van der Waals surface area contributed by atoms with E-state index in [-0.39, 0.29) is 6.09 Å². The van der Waals surface area contributed by atoms with E-state index in [0.29, 0.717) is 25.9 Å². The van der Waals surface area contributed by atoms with E-state index in [1.54, 1.807) is 11.1 Å². The lowest BCUT2D eigenvalue weighted by Gasteiger charge is -2.37. The quantitative estimate of drug-likeness (QED) is 0.662. The summed E-state index contributed by atoms with van der Waals surface area (Å²) in [6, 6.07) is 6.26. The number of nitrogens with zero attached hydrogens (tertiary/aromatic N) is 3. The number of aromatic nitrogens is 1. The first-order valence-electron chi connectivity index (χ1n) is 7.28. The molecule has 0 saturated carbocycles. The molecular formula is C16H20IN3O2. The van der Waals surface area contributed by atoms with Crippen LogP contribution in [0.5, 0.6) is 0 Å². The summed E-state index contributed by atoms with van der Waals surface area (Å²) in [6.07, 6.45) is 2.57. The number of carbonyl (C=O) groups is 1. The Morgan fingerprint density at radius 2 is 2.09 bits per heavy atom. The SMILES string of the molecule is CC(C)(C)OC(=O)N1CCC(C#N)(c2ncccc2I)CC1. The van der Waals surface area contributed by atoms with Gasteiger partial charge in [-0.15, -0.1) is 0 Å². The van der Waals surface area contributed by atoms with Gasteiger partial charge in [0.15, 0.2) is 0 Å². The van der Waals surface area contributed by atoms with Gasteiger partial charge in [-0.3, -0.25) is 4.98 Å². The summed E-state index contributed by atoms with van der Waals surface area (Å²) in [7, 11) is 0. The molecule has 1 aliphatic heterocycles. The van der Waals surface area contributed by atoms with Crippen molar-refractivity contribution in [2.24, 2.45) is 0 Å². The molecule has 1 aromatic rings. The highest BCUT2D eigenvalue weighted by molar-refractivity contribution is 14.1. The Morgan fingerprint density at radius 3 is 2.59 bits per heavy atom. The number of carbonyl (C=O) groups excluding carboxylic acids is 1. The Labute approximate surface area is 144 Å². The average molecular weight is 413 g/mol. The molecule has 6 heteroatoms. The molecular weight excluding hydrogens is 393 g/mol. The van der Waals surface area contributed by atoms with Crippen LogP contribution in [0.15, 0.2) is 18.3 Å². The fraction of sp³-hybridized carbons (Fsp3) is 0.562. The van der Waals surface area contributed by atoms with Gasteiger partial charge in [-0.25, -0.2) is 4.79 Å². The molecule has 22 heavy (non-hydrogen) atoms. The molecule has 2 rings (SSSR count). The van der Waals surface area contributed by atoms with E-state index in [4.69, 9.17) is 4.74 Å². The second-order valence-electron chi connectivity index (χ2n) is 6.50. The Morgan fingerprint density at radius 1 is 1.45 bits per heavy atom. The van der Waals surface area contributed by atoms with Crippen molar-refractivity contribution in [3.63, 3.8) is 0 Å². The minimum atomic E-state index is -0.615. The third-order valence-corrected chi connectivity index (χ3v) is 4.56. The van der Waals surface area contributed by atoms with Gasteiger partial charge in [-0.2, -0.15) is 5.26 Å². The summed E-state index contributed by atoms with van der Waals surface area (Å²) in [5.74, 6) is 0. The first-order valence-corrected chi connectivity index (χ1v) is 8.35. The number of nitriles is 1. The predicted molar refractivity (Wildman–Crippen MR) is 91.3 cm³/mol. The average Bonchev–Trinajstić information content (AvgIpc) is 2.46. The van der Waals surface area contributed by atoms with Gasteiger partial charge in [0.25, 0.3) is 0 Å². The smallest absolute Gasteiger partial charge is 0.410 e. The van der Waals surface area contributed by atoms with Crippen molar-refractivity contribution in [3.8, 4) is 6.07 Å². The Hall–Kier alpha value is -1.36. The molecule has 1 aliphatic rings. The van der Waals surface area contributed by atoms with E-state index in [1.807, 2.05) is 32.9 Å². The zero-order valence-electron chi connectivity index (χ0n) is 13.1. The third-order valence-electron chi connectivity index (χ3n) is 3.69. The van der Waals surface area contributed by atoms with Gasteiger partial charge >= 0.3 is 6.09 Å². The lowest BCUT2D eigenvalue weighted by atomic mass is 9.77. The molecule has 1 fully saturated rings. The van der Waals surface area contributed by atoms with Gasteiger partial charge in [0.2, 0.25) is 0 Å². The number of hydrogen-bond acceptors (Lipinski definition) is 4. The van der Waals surface area contributed by atoms with Crippen LogP contribution < -0.4 is 0 Å². The molecule has 1 aromatic heterocycles. The van der Waals surface area contributed by atoms with Gasteiger partial charge in [-0.1, -0.05) is 0 Å². The maximum atomic E-state index is 12.1. The molecule has 0 radical (unpaired) electrons. The van der Waals surface area contributed by atoms with Crippen LogP contribution >= 0.6 is 22.6 Å². The summed E-state index contributed by atoms with van der Waals surface area (Å²) in [6.45, 7) is 6.57. The number of halogens is 1. The fourth-order valence-corrected chi connectivity index (χ4v) is 3.40. The largest absolute Gasteiger partial charge is 0.444 e. The van der Waals surface area contributed by atoms with Crippen molar-refractivity contribution in [1.82, 2.24) is 9.88 Å². The molecule has 0 spiro atoms. The molecule has 1 amide bonds. The first kappa shape index (κ1) is 17.0. The second kappa shape index (κ2) is 6.41. The van der Waals surface area contributed by atoms with Crippen LogP contribution in [0.1, 0.15) is 39.3 Å². The number of amides is 1. The Bertz CT molecular complexity index is 596. The van der Waals surface area contributed by atoms with E-state index in [2.05, 4.69) is 33.6 Å². The summed E-state index contributed by atoms with van der Waals surface area (Å²) < 4.78 is 6.39. The number of pyridine rings is 1. The third kappa shape index (κ3) is 3.69. The Balaban J connectivity index is 2.11. The van der Waals surface area contributed by atoms with Crippen LogP contribution in [0.3, 0.4) is 0 Å². The molecule has 0 aromatic carbocycles. The van der Waals surface area contributed by atoms with Gasteiger partial charge in [0, 0.05) is 22.9 Å². The van der Waals surface area contributed by atoms with Crippen LogP contribution in [0.25, 0.3) is 0 Å². The maximum absolute atomic E-state index is 12.1. The van der Waals surface area contributed by atoms with Crippen LogP contribution in [-0.2, 0) is 10.2 Å². The van der Waals surface area contributed by atoms with Crippen LogP contribution in [0.2, 0.25) is 0 Å². The number of likely N-dealkylation sites (tertiary alicyclic amines) is 1.